The van der Waals surface area contributed by atoms with Gasteiger partial charge < -0.3 is 15.0 Å². The molecule has 0 bridgehead atoms. The van der Waals surface area contributed by atoms with Gasteiger partial charge in [-0.2, -0.15) is 0 Å². The quantitative estimate of drug-likeness (QED) is 0.842. The maximum Gasteiger partial charge on any atom is 0.407 e. The third-order valence-corrected chi connectivity index (χ3v) is 4.28. The number of carbonyl (C=O) groups is 1. The number of amides is 1. The molecule has 1 atom stereocenters. The van der Waals surface area contributed by atoms with Gasteiger partial charge in [0, 0.05) is 36.4 Å². The number of alkyl carbamates (subject to hydrolysis) is 1. The first-order valence-corrected chi connectivity index (χ1v) is 8.81. The van der Waals surface area contributed by atoms with Gasteiger partial charge in [-0.1, -0.05) is 11.5 Å². The van der Waals surface area contributed by atoms with Crippen molar-refractivity contribution in [2.45, 2.75) is 45.3 Å². The molecule has 1 aliphatic rings. The smallest absolute Gasteiger partial charge is 0.407 e. The Balaban J connectivity index is 1.80. The second-order valence-electron chi connectivity index (χ2n) is 7.66. The molecule has 7 heteroatoms. The van der Waals surface area contributed by atoms with Crippen LogP contribution in [0.3, 0.4) is 0 Å². The summed E-state index contributed by atoms with van der Waals surface area (Å²) in [7, 11) is 5.82. The zero-order valence-corrected chi connectivity index (χ0v) is 15.4. The molecule has 1 fully saturated rings. The van der Waals surface area contributed by atoms with E-state index in [4.69, 9.17) is 12.6 Å². The standard InChI is InChI=1S/C19H23BFN3O2/c1-19(2,3)26-18(25)23-13-5-4-8-24(11-13)16-6-7-22-17-14(16)9-12(20)10-15(17)21/h6-7,9-10,13H,4-5,8,11H2,1-3H3,(H,23,25)/t13-/m0/s1. The average molecular weight is 355 g/mol. The average Bonchev–Trinajstić information content (AvgIpc) is 2.52. The number of pyridine rings is 1. The summed E-state index contributed by atoms with van der Waals surface area (Å²) in [5.41, 5.74) is 1.01. The largest absolute Gasteiger partial charge is 0.444 e. The maximum absolute atomic E-state index is 14.2. The van der Waals surface area contributed by atoms with Crippen LogP contribution in [-0.2, 0) is 4.74 Å². The minimum atomic E-state index is -0.533. The van der Waals surface area contributed by atoms with E-state index in [1.54, 1.807) is 12.3 Å². The van der Waals surface area contributed by atoms with Crippen molar-refractivity contribution in [3.8, 4) is 0 Å². The van der Waals surface area contributed by atoms with E-state index in [1.807, 2.05) is 26.8 Å². The van der Waals surface area contributed by atoms with E-state index in [2.05, 4.69) is 15.2 Å². The van der Waals surface area contributed by atoms with Gasteiger partial charge in [-0.15, -0.1) is 0 Å². The van der Waals surface area contributed by atoms with Crippen LogP contribution >= 0.6 is 0 Å². The fraction of sp³-hybridized carbons (Fsp3) is 0.474. The van der Waals surface area contributed by atoms with Crippen LogP contribution in [0.25, 0.3) is 10.9 Å². The van der Waals surface area contributed by atoms with E-state index in [1.165, 1.54) is 6.07 Å². The Kier molecular flexibility index (Phi) is 5.07. The number of hydrogen-bond acceptors (Lipinski definition) is 4. The first kappa shape index (κ1) is 18.5. The summed E-state index contributed by atoms with van der Waals surface area (Å²) in [5.74, 6) is -0.428. The molecule has 3 rings (SSSR count). The molecule has 0 saturated carbocycles. The molecule has 26 heavy (non-hydrogen) atoms. The number of carbonyl (C=O) groups excluding carboxylic acids is 1. The van der Waals surface area contributed by atoms with Gasteiger partial charge in [0.2, 0.25) is 0 Å². The highest BCUT2D eigenvalue weighted by molar-refractivity contribution is 6.33. The van der Waals surface area contributed by atoms with E-state index in [0.717, 1.165) is 25.1 Å². The fourth-order valence-corrected chi connectivity index (χ4v) is 3.28. The Morgan fingerprint density at radius 1 is 1.42 bits per heavy atom. The van der Waals surface area contributed by atoms with Gasteiger partial charge in [-0.3, -0.25) is 4.98 Å². The zero-order chi connectivity index (χ0) is 18.9. The number of anilines is 1. The summed E-state index contributed by atoms with van der Waals surface area (Å²) in [6.45, 7) is 6.95. The van der Waals surface area contributed by atoms with E-state index in [0.29, 0.717) is 22.9 Å². The van der Waals surface area contributed by atoms with Crippen LogP contribution in [0.2, 0.25) is 0 Å². The van der Waals surface area contributed by atoms with Gasteiger partial charge in [0.1, 0.15) is 24.8 Å². The highest BCUT2D eigenvalue weighted by Gasteiger charge is 2.25. The van der Waals surface area contributed by atoms with Crippen molar-refractivity contribution in [2.75, 3.05) is 18.0 Å². The van der Waals surface area contributed by atoms with Gasteiger partial charge in [0.05, 0.1) is 0 Å². The Morgan fingerprint density at radius 3 is 2.92 bits per heavy atom. The third-order valence-electron chi connectivity index (χ3n) is 4.28. The van der Waals surface area contributed by atoms with Crippen molar-refractivity contribution in [1.29, 1.82) is 0 Å². The van der Waals surface area contributed by atoms with E-state index >= 15 is 0 Å². The highest BCUT2D eigenvalue weighted by Crippen LogP contribution is 2.28. The SMILES string of the molecule is [B]c1cc(F)c2nccc(N3CCC[C@H](NC(=O)OC(C)(C)C)C3)c2c1. The molecular formula is C19H23BFN3O2. The number of nitrogens with zero attached hydrogens (tertiary/aromatic N) is 2. The van der Waals surface area contributed by atoms with Crippen LogP contribution in [0, 0.1) is 5.82 Å². The number of aromatic nitrogens is 1. The van der Waals surface area contributed by atoms with Crippen molar-refractivity contribution in [1.82, 2.24) is 10.3 Å². The van der Waals surface area contributed by atoms with Crippen molar-refractivity contribution in [3.63, 3.8) is 0 Å². The lowest BCUT2D eigenvalue weighted by Crippen LogP contribution is -2.49. The van der Waals surface area contributed by atoms with E-state index < -0.39 is 17.5 Å². The second-order valence-corrected chi connectivity index (χ2v) is 7.66. The topological polar surface area (TPSA) is 54.5 Å². The zero-order valence-electron chi connectivity index (χ0n) is 15.4. The number of fused-ring (bicyclic) bond motifs is 1. The van der Waals surface area contributed by atoms with Crippen molar-refractivity contribution >= 4 is 36.0 Å². The summed E-state index contributed by atoms with van der Waals surface area (Å²) in [4.78, 5) is 18.3. The molecule has 1 aliphatic heterocycles. The lowest BCUT2D eigenvalue weighted by Gasteiger charge is -2.35. The molecule has 2 heterocycles. The predicted octanol–water partition coefficient (Wildman–Crippen LogP) is 2.66. The number of hydrogen-bond donors (Lipinski definition) is 1. The molecule has 1 N–H and O–H groups in total. The Labute approximate surface area is 154 Å². The predicted molar refractivity (Wildman–Crippen MR) is 102 cm³/mol. The lowest BCUT2D eigenvalue weighted by atomic mass is 9.93. The third kappa shape index (κ3) is 4.26. The van der Waals surface area contributed by atoms with Gasteiger partial charge in [0.15, 0.2) is 0 Å². The van der Waals surface area contributed by atoms with Gasteiger partial charge >= 0.3 is 6.09 Å². The minimum absolute atomic E-state index is 0.0345. The first-order chi connectivity index (χ1) is 12.2. The number of nitrogens with one attached hydrogen (secondary N) is 1. The van der Waals surface area contributed by atoms with Crippen LogP contribution in [-0.4, -0.2) is 43.7 Å². The molecular weight excluding hydrogens is 332 g/mol. The normalized spacial score (nSPS) is 18.0. The number of halogens is 1. The molecule has 0 spiro atoms. The van der Waals surface area contributed by atoms with Gasteiger partial charge in [0.25, 0.3) is 0 Å². The van der Waals surface area contributed by atoms with Crippen LogP contribution < -0.4 is 15.7 Å². The highest BCUT2D eigenvalue weighted by atomic mass is 19.1. The second kappa shape index (κ2) is 7.13. The van der Waals surface area contributed by atoms with Crippen molar-refractivity contribution in [3.05, 3.63) is 30.2 Å². The summed E-state index contributed by atoms with van der Waals surface area (Å²) in [6.07, 6.45) is 2.96. The first-order valence-electron chi connectivity index (χ1n) is 8.81. The monoisotopic (exact) mass is 355 g/mol. The number of rotatable bonds is 2. The Hall–Kier alpha value is -2.31. The van der Waals surface area contributed by atoms with Crippen molar-refractivity contribution in [2.24, 2.45) is 0 Å². The summed E-state index contributed by atoms with van der Waals surface area (Å²) >= 11 is 0. The molecule has 1 amide bonds. The Morgan fingerprint density at radius 2 is 2.19 bits per heavy atom. The lowest BCUT2D eigenvalue weighted by molar-refractivity contribution is 0.0500. The Bertz CT molecular complexity index is 822. The van der Waals surface area contributed by atoms with Gasteiger partial charge in [-0.05, 0) is 45.7 Å². The molecule has 2 aromatic rings. The molecule has 5 nitrogen and oxygen atoms in total. The number of ether oxygens (including phenoxy) is 1. The molecule has 0 unspecified atom stereocenters. The van der Waals surface area contributed by atoms with Crippen LogP contribution in [0.15, 0.2) is 24.4 Å². The molecule has 2 radical (unpaired) electrons. The molecule has 136 valence electrons. The van der Waals surface area contributed by atoms with Crippen LogP contribution in [0.5, 0.6) is 0 Å². The van der Waals surface area contributed by atoms with Crippen molar-refractivity contribution < 1.29 is 13.9 Å². The van der Waals surface area contributed by atoms with Crippen LogP contribution in [0.1, 0.15) is 33.6 Å². The molecule has 1 aromatic heterocycles. The fourth-order valence-electron chi connectivity index (χ4n) is 3.28. The molecule has 0 aliphatic carbocycles. The number of piperidine rings is 1. The van der Waals surface area contributed by atoms with Crippen LogP contribution in [0.4, 0.5) is 14.9 Å². The summed E-state index contributed by atoms with van der Waals surface area (Å²) in [5, 5.41) is 3.61. The summed E-state index contributed by atoms with van der Waals surface area (Å²) < 4.78 is 19.5. The van der Waals surface area contributed by atoms with E-state index in [-0.39, 0.29) is 6.04 Å². The van der Waals surface area contributed by atoms with E-state index in [9.17, 15) is 9.18 Å². The minimum Gasteiger partial charge on any atom is -0.444 e. The maximum atomic E-state index is 14.2. The molecule has 1 saturated heterocycles. The molecule has 1 aromatic carbocycles. The summed E-state index contributed by atoms with van der Waals surface area (Å²) in [6, 6.07) is 4.85. The van der Waals surface area contributed by atoms with Gasteiger partial charge in [-0.25, -0.2) is 9.18 Å². The number of benzene rings is 1.